The van der Waals surface area contributed by atoms with Crippen molar-refractivity contribution >= 4 is 31.9 Å². The van der Waals surface area contributed by atoms with Gasteiger partial charge in [0.1, 0.15) is 5.75 Å². The Morgan fingerprint density at radius 3 is 2.58 bits per heavy atom. The molecule has 0 aliphatic heterocycles. The number of benzene rings is 1. The van der Waals surface area contributed by atoms with Gasteiger partial charge < -0.3 is 14.8 Å². The number of ether oxygens (including phenoxy) is 2. The largest absolute Gasteiger partial charge is 0.495 e. The Morgan fingerprint density at radius 2 is 1.89 bits per heavy atom. The second kappa shape index (κ2) is 9.75. The summed E-state index contributed by atoms with van der Waals surface area (Å²) in [6, 6.07) is 4.08. The Bertz CT molecular complexity index is 386. The first-order valence-electron chi connectivity index (χ1n) is 6.40. The SMILES string of the molecule is COCCCCCNCc1cc(Br)cc(Br)c1OC. The molecule has 0 aliphatic carbocycles. The predicted octanol–water partition coefficient (Wildman–Crippen LogP) is 4.13. The van der Waals surface area contributed by atoms with Crippen LogP contribution in [0.5, 0.6) is 5.75 Å². The highest BCUT2D eigenvalue weighted by Gasteiger charge is 2.08. The molecule has 3 nitrogen and oxygen atoms in total. The summed E-state index contributed by atoms with van der Waals surface area (Å²) in [4.78, 5) is 0. The molecule has 0 aliphatic rings. The summed E-state index contributed by atoms with van der Waals surface area (Å²) < 4.78 is 12.5. The molecular weight excluding hydrogens is 374 g/mol. The molecule has 19 heavy (non-hydrogen) atoms. The van der Waals surface area contributed by atoms with E-state index in [1.54, 1.807) is 14.2 Å². The molecule has 1 N–H and O–H groups in total. The number of methoxy groups -OCH3 is 2. The molecule has 5 heteroatoms. The van der Waals surface area contributed by atoms with Crippen molar-refractivity contribution in [3.8, 4) is 5.75 Å². The molecule has 108 valence electrons. The standard InChI is InChI=1S/C14H21Br2NO2/c1-18-7-5-3-4-6-17-10-11-8-12(15)9-13(16)14(11)19-2/h8-9,17H,3-7,10H2,1-2H3. The summed E-state index contributed by atoms with van der Waals surface area (Å²) in [7, 11) is 3.44. The first kappa shape index (κ1) is 17.0. The maximum absolute atomic E-state index is 5.42. The molecule has 1 rings (SSSR count). The van der Waals surface area contributed by atoms with Crippen LogP contribution < -0.4 is 10.1 Å². The normalized spacial score (nSPS) is 10.7. The fraction of sp³-hybridized carbons (Fsp3) is 0.571. The van der Waals surface area contributed by atoms with Crippen molar-refractivity contribution in [2.45, 2.75) is 25.8 Å². The highest BCUT2D eigenvalue weighted by Crippen LogP contribution is 2.32. The van der Waals surface area contributed by atoms with Gasteiger partial charge in [0.15, 0.2) is 0 Å². The third kappa shape index (κ3) is 6.25. The molecule has 0 radical (unpaired) electrons. The number of rotatable bonds is 9. The summed E-state index contributed by atoms with van der Waals surface area (Å²) in [6.07, 6.45) is 3.49. The first-order valence-corrected chi connectivity index (χ1v) is 7.99. The molecule has 0 amide bonds. The first-order chi connectivity index (χ1) is 9.19. The third-order valence-electron chi connectivity index (χ3n) is 2.81. The molecule has 0 saturated heterocycles. The second-order valence-corrected chi connectivity index (χ2v) is 6.08. The summed E-state index contributed by atoms with van der Waals surface area (Å²) in [5, 5.41) is 3.45. The topological polar surface area (TPSA) is 30.5 Å². The minimum absolute atomic E-state index is 0.811. The van der Waals surface area contributed by atoms with Crippen LogP contribution in [0.3, 0.4) is 0 Å². The van der Waals surface area contributed by atoms with Crippen LogP contribution in [0, 0.1) is 0 Å². The Labute approximate surface area is 132 Å². The average Bonchev–Trinajstić information content (AvgIpc) is 2.37. The summed E-state index contributed by atoms with van der Waals surface area (Å²) in [5.41, 5.74) is 1.15. The van der Waals surface area contributed by atoms with Crippen molar-refractivity contribution < 1.29 is 9.47 Å². The lowest BCUT2D eigenvalue weighted by atomic mass is 10.2. The molecule has 0 fully saturated rings. The average molecular weight is 395 g/mol. The molecule has 0 saturated carbocycles. The number of halogens is 2. The van der Waals surface area contributed by atoms with Gasteiger partial charge in [0.05, 0.1) is 11.6 Å². The van der Waals surface area contributed by atoms with Gasteiger partial charge in [0, 0.05) is 30.3 Å². The molecule has 0 bridgehead atoms. The quantitative estimate of drug-likeness (QED) is 0.639. The number of hydrogen-bond acceptors (Lipinski definition) is 3. The van der Waals surface area contributed by atoms with E-state index in [2.05, 4.69) is 43.2 Å². The molecule has 0 aromatic heterocycles. The van der Waals surface area contributed by atoms with Gasteiger partial charge in [-0.2, -0.15) is 0 Å². The van der Waals surface area contributed by atoms with Gasteiger partial charge >= 0.3 is 0 Å². The minimum Gasteiger partial charge on any atom is -0.495 e. The van der Waals surface area contributed by atoms with Crippen LogP contribution in [0.1, 0.15) is 24.8 Å². The Hall–Kier alpha value is -0.100. The molecule has 0 spiro atoms. The van der Waals surface area contributed by atoms with E-state index in [0.717, 1.165) is 46.4 Å². The summed E-state index contributed by atoms with van der Waals surface area (Å²) in [5.74, 6) is 0.898. The number of nitrogens with one attached hydrogen (secondary N) is 1. The third-order valence-corrected chi connectivity index (χ3v) is 3.85. The lowest BCUT2D eigenvalue weighted by molar-refractivity contribution is 0.192. The van der Waals surface area contributed by atoms with E-state index in [1.165, 1.54) is 12.8 Å². The second-order valence-electron chi connectivity index (χ2n) is 4.31. The Kier molecular flexibility index (Phi) is 8.70. The van der Waals surface area contributed by atoms with Crippen LogP contribution in [-0.2, 0) is 11.3 Å². The lowest BCUT2D eigenvalue weighted by Crippen LogP contribution is -2.15. The highest BCUT2D eigenvalue weighted by molar-refractivity contribution is 9.11. The maximum Gasteiger partial charge on any atom is 0.137 e. The zero-order valence-corrected chi connectivity index (χ0v) is 14.6. The van der Waals surface area contributed by atoms with E-state index in [1.807, 2.05) is 6.07 Å². The van der Waals surface area contributed by atoms with Crippen molar-refractivity contribution in [2.24, 2.45) is 0 Å². The van der Waals surface area contributed by atoms with Crippen LogP contribution in [0.25, 0.3) is 0 Å². The van der Waals surface area contributed by atoms with Crippen LogP contribution in [0.2, 0.25) is 0 Å². The molecular formula is C14H21Br2NO2. The van der Waals surface area contributed by atoms with E-state index in [-0.39, 0.29) is 0 Å². The summed E-state index contributed by atoms with van der Waals surface area (Å²) in [6.45, 7) is 2.68. The highest BCUT2D eigenvalue weighted by atomic mass is 79.9. The van der Waals surface area contributed by atoms with Gasteiger partial charge in [-0.15, -0.1) is 0 Å². The van der Waals surface area contributed by atoms with Crippen LogP contribution in [0.15, 0.2) is 21.1 Å². The zero-order valence-electron chi connectivity index (χ0n) is 11.5. The fourth-order valence-electron chi connectivity index (χ4n) is 1.87. The van der Waals surface area contributed by atoms with E-state index >= 15 is 0 Å². The van der Waals surface area contributed by atoms with Crippen molar-refractivity contribution in [3.05, 3.63) is 26.6 Å². The predicted molar refractivity (Wildman–Crippen MR) is 85.8 cm³/mol. The smallest absolute Gasteiger partial charge is 0.137 e. The van der Waals surface area contributed by atoms with Gasteiger partial charge in [-0.3, -0.25) is 0 Å². The van der Waals surface area contributed by atoms with Crippen molar-refractivity contribution in [1.82, 2.24) is 5.32 Å². The monoisotopic (exact) mass is 393 g/mol. The Morgan fingerprint density at radius 1 is 1.11 bits per heavy atom. The number of unbranched alkanes of at least 4 members (excludes halogenated alkanes) is 2. The van der Waals surface area contributed by atoms with Gasteiger partial charge in [0.2, 0.25) is 0 Å². The van der Waals surface area contributed by atoms with Gasteiger partial charge in [-0.05, 0) is 53.9 Å². The van der Waals surface area contributed by atoms with Gasteiger partial charge in [-0.25, -0.2) is 0 Å². The Balaban J connectivity index is 2.36. The fourth-order valence-corrected chi connectivity index (χ4v) is 3.35. The molecule has 0 unspecified atom stereocenters. The minimum atomic E-state index is 0.811. The van der Waals surface area contributed by atoms with E-state index in [0.29, 0.717) is 0 Å². The number of hydrogen-bond donors (Lipinski definition) is 1. The maximum atomic E-state index is 5.42. The van der Waals surface area contributed by atoms with Crippen molar-refractivity contribution in [3.63, 3.8) is 0 Å². The van der Waals surface area contributed by atoms with E-state index < -0.39 is 0 Å². The summed E-state index contributed by atoms with van der Waals surface area (Å²) >= 11 is 7.01. The molecule has 1 aromatic rings. The van der Waals surface area contributed by atoms with Crippen LogP contribution in [-0.4, -0.2) is 27.4 Å². The van der Waals surface area contributed by atoms with Gasteiger partial charge in [-0.1, -0.05) is 15.9 Å². The van der Waals surface area contributed by atoms with E-state index in [9.17, 15) is 0 Å². The van der Waals surface area contributed by atoms with Crippen LogP contribution in [0.4, 0.5) is 0 Å². The van der Waals surface area contributed by atoms with Crippen LogP contribution >= 0.6 is 31.9 Å². The molecule has 0 atom stereocenters. The van der Waals surface area contributed by atoms with E-state index in [4.69, 9.17) is 9.47 Å². The molecule has 0 heterocycles. The zero-order chi connectivity index (χ0) is 14.1. The van der Waals surface area contributed by atoms with Crippen molar-refractivity contribution in [1.29, 1.82) is 0 Å². The van der Waals surface area contributed by atoms with Gasteiger partial charge in [0.25, 0.3) is 0 Å². The lowest BCUT2D eigenvalue weighted by Gasteiger charge is -2.12. The molecule has 1 aromatic carbocycles. The van der Waals surface area contributed by atoms with Crippen molar-refractivity contribution in [2.75, 3.05) is 27.4 Å².